The van der Waals surface area contributed by atoms with Crippen LogP contribution in [0, 0.1) is 17.8 Å². The van der Waals surface area contributed by atoms with Crippen molar-refractivity contribution in [2.45, 2.75) is 57.4 Å². The Hall–Kier alpha value is -2.62. The third kappa shape index (κ3) is 4.20. The Labute approximate surface area is 189 Å². The molecule has 4 rings (SSSR count). The van der Waals surface area contributed by atoms with Gasteiger partial charge in [-0.2, -0.15) is 13.2 Å². The number of amides is 2. The van der Waals surface area contributed by atoms with Gasteiger partial charge in [0.15, 0.2) is 0 Å². The van der Waals surface area contributed by atoms with Gasteiger partial charge in [-0.1, -0.05) is 25.0 Å². The topological polar surface area (TPSA) is 91.6 Å². The van der Waals surface area contributed by atoms with Crippen molar-refractivity contribution < 1.29 is 27.9 Å². The lowest BCUT2D eigenvalue weighted by molar-refractivity contribution is -0.144. The number of nitrogens with one attached hydrogen (secondary N) is 1. The molecule has 2 N–H and O–H groups in total. The van der Waals surface area contributed by atoms with Gasteiger partial charge in [0.2, 0.25) is 11.8 Å². The van der Waals surface area contributed by atoms with E-state index in [4.69, 9.17) is 0 Å². The van der Waals surface area contributed by atoms with E-state index >= 15 is 0 Å². The average molecular weight is 467 g/mol. The van der Waals surface area contributed by atoms with Gasteiger partial charge in [0.25, 0.3) is 5.56 Å². The van der Waals surface area contributed by atoms with E-state index < -0.39 is 49.2 Å². The van der Waals surface area contributed by atoms with Crippen molar-refractivity contribution in [1.82, 2.24) is 14.8 Å². The summed E-state index contributed by atoms with van der Waals surface area (Å²) in [5.41, 5.74) is 0.565. The van der Waals surface area contributed by atoms with Gasteiger partial charge in [-0.3, -0.25) is 14.4 Å². The summed E-state index contributed by atoms with van der Waals surface area (Å²) >= 11 is 0. The maximum atomic E-state index is 13.5. The van der Waals surface area contributed by atoms with Crippen LogP contribution in [-0.4, -0.2) is 51.8 Å². The van der Waals surface area contributed by atoms with Crippen LogP contribution < -0.4 is 10.9 Å². The molecule has 1 aliphatic carbocycles. The summed E-state index contributed by atoms with van der Waals surface area (Å²) in [6, 6.07) is 1.70. The molecular weight excluding hydrogens is 439 g/mol. The molecular formula is C23H28F3N3O4. The monoisotopic (exact) mass is 467 g/mol. The van der Waals surface area contributed by atoms with Crippen LogP contribution in [0.15, 0.2) is 23.0 Å². The standard InChI is InChI=1S/C23H28F3N3O4/c1-2-5-13-8-9-16-19-18(20(31)27-12-23(24,25)26)15(11-30)17(10-28(16)21(13)32)29(19)22(33)14-6-3-4-7-14/h2,5,8-9,14-15,17-19,30H,3-4,6-7,10-12H2,1H3,(H,27,31)/b5-2+/t15-,17-,18+,19+/m1/s1. The third-order valence-corrected chi connectivity index (χ3v) is 7.14. The number of hydrogen-bond acceptors (Lipinski definition) is 4. The molecule has 3 heterocycles. The third-order valence-electron chi connectivity index (χ3n) is 7.14. The number of aromatic nitrogens is 1. The summed E-state index contributed by atoms with van der Waals surface area (Å²) in [5.74, 6) is -3.11. The van der Waals surface area contributed by atoms with Crippen LogP contribution in [0.3, 0.4) is 0 Å². The first-order valence-corrected chi connectivity index (χ1v) is 11.3. The largest absolute Gasteiger partial charge is 0.405 e. The Kier molecular flexibility index (Phi) is 6.39. The van der Waals surface area contributed by atoms with E-state index in [-0.39, 0.29) is 23.9 Å². The maximum Gasteiger partial charge on any atom is 0.405 e. The lowest BCUT2D eigenvalue weighted by atomic mass is 9.86. The fourth-order valence-corrected chi connectivity index (χ4v) is 5.72. The molecule has 2 fully saturated rings. The van der Waals surface area contributed by atoms with Gasteiger partial charge in [-0.05, 0) is 31.9 Å². The van der Waals surface area contributed by atoms with E-state index in [1.54, 1.807) is 36.1 Å². The van der Waals surface area contributed by atoms with E-state index in [0.29, 0.717) is 11.3 Å². The Morgan fingerprint density at radius 2 is 1.94 bits per heavy atom. The highest BCUT2D eigenvalue weighted by Crippen LogP contribution is 2.49. The predicted octanol–water partition coefficient (Wildman–Crippen LogP) is 2.24. The predicted molar refractivity (Wildman–Crippen MR) is 114 cm³/mol. The first kappa shape index (κ1) is 23.5. The molecule has 2 amide bonds. The average Bonchev–Trinajstić information content (AvgIpc) is 3.38. The van der Waals surface area contributed by atoms with E-state index in [9.17, 15) is 32.7 Å². The second-order valence-electron chi connectivity index (χ2n) is 9.07. The van der Waals surface area contributed by atoms with Crippen LogP contribution in [0.2, 0.25) is 0 Å². The Bertz CT molecular complexity index is 1010. The lowest BCUT2D eigenvalue weighted by Gasteiger charge is -2.39. The van der Waals surface area contributed by atoms with Gasteiger partial charge >= 0.3 is 6.18 Å². The van der Waals surface area contributed by atoms with E-state index in [1.807, 2.05) is 5.32 Å². The molecule has 0 unspecified atom stereocenters. The van der Waals surface area contributed by atoms with E-state index in [1.165, 1.54) is 4.57 Å². The smallest absolute Gasteiger partial charge is 0.396 e. The second-order valence-corrected chi connectivity index (χ2v) is 9.07. The number of nitrogens with zero attached hydrogens (tertiary/aromatic N) is 2. The maximum absolute atomic E-state index is 13.5. The molecule has 7 nitrogen and oxygen atoms in total. The van der Waals surface area contributed by atoms with Gasteiger partial charge < -0.3 is 19.9 Å². The van der Waals surface area contributed by atoms with Crippen LogP contribution in [0.1, 0.15) is 49.9 Å². The second kappa shape index (κ2) is 8.96. The fourth-order valence-electron chi connectivity index (χ4n) is 5.72. The summed E-state index contributed by atoms with van der Waals surface area (Å²) in [5, 5.41) is 12.1. The number of hydrogen-bond donors (Lipinski definition) is 2. The molecule has 0 radical (unpaired) electrons. The first-order valence-electron chi connectivity index (χ1n) is 11.3. The zero-order valence-corrected chi connectivity index (χ0v) is 18.3. The molecule has 4 atom stereocenters. The van der Waals surface area contributed by atoms with Crippen LogP contribution in [0.25, 0.3) is 6.08 Å². The van der Waals surface area contributed by atoms with E-state index in [0.717, 1.165) is 25.7 Å². The van der Waals surface area contributed by atoms with Crippen molar-refractivity contribution in [3.63, 3.8) is 0 Å². The minimum absolute atomic E-state index is 0.0861. The summed E-state index contributed by atoms with van der Waals surface area (Å²) in [7, 11) is 0. The van der Waals surface area contributed by atoms with Gasteiger partial charge in [-0.25, -0.2) is 0 Å². The van der Waals surface area contributed by atoms with Crippen molar-refractivity contribution in [3.8, 4) is 0 Å². The molecule has 2 aliphatic heterocycles. The minimum Gasteiger partial charge on any atom is -0.396 e. The van der Waals surface area contributed by atoms with Crippen molar-refractivity contribution in [2.24, 2.45) is 17.8 Å². The quantitative estimate of drug-likeness (QED) is 0.695. The summed E-state index contributed by atoms with van der Waals surface area (Å²) in [6.07, 6.45) is 2.06. The minimum atomic E-state index is -4.59. The number of alkyl halides is 3. The van der Waals surface area contributed by atoms with Crippen LogP contribution in [-0.2, 0) is 16.1 Å². The Balaban J connectivity index is 1.79. The number of halogens is 3. The molecule has 1 aromatic heterocycles. The Morgan fingerprint density at radius 1 is 1.24 bits per heavy atom. The van der Waals surface area contributed by atoms with Crippen molar-refractivity contribution in [1.29, 1.82) is 0 Å². The van der Waals surface area contributed by atoms with Crippen LogP contribution in [0.5, 0.6) is 0 Å². The highest BCUT2D eigenvalue weighted by molar-refractivity contribution is 5.85. The van der Waals surface area contributed by atoms with Crippen molar-refractivity contribution >= 4 is 17.9 Å². The molecule has 1 aromatic rings. The van der Waals surface area contributed by atoms with Crippen molar-refractivity contribution in [3.05, 3.63) is 39.8 Å². The summed E-state index contributed by atoms with van der Waals surface area (Å²) < 4.78 is 39.9. The highest BCUT2D eigenvalue weighted by Gasteiger charge is 2.58. The summed E-state index contributed by atoms with van der Waals surface area (Å²) in [6.45, 7) is -0.119. The van der Waals surface area contributed by atoms with Gasteiger partial charge in [0.1, 0.15) is 6.54 Å². The number of carbonyl (C=O) groups excluding carboxylic acids is 2. The number of allylic oxidation sites excluding steroid dienone is 1. The fraction of sp³-hybridized carbons (Fsp3) is 0.609. The number of fused-ring (bicyclic) bond motifs is 4. The first-order chi connectivity index (χ1) is 15.7. The highest BCUT2D eigenvalue weighted by atomic mass is 19.4. The molecule has 3 aliphatic rings. The molecule has 180 valence electrons. The van der Waals surface area contributed by atoms with Crippen molar-refractivity contribution in [2.75, 3.05) is 13.2 Å². The molecule has 1 saturated carbocycles. The number of pyridine rings is 1. The number of rotatable bonds is 5. The lowest BCUT2D eigenvalue weighted by Crippen LogP contribution is -2.50. The molecule has 0 aromatic carbocycles. The SMILES string of the molecule is C/C=C/c1ccc2n(c1=O)C[C@@H]1[C@@H](CO)[C@H](C(=O)NCC(F)(F)F)[C@H]2N1C(=O)C1CCCC1. The Morgan fingerprint density at radius 3 is 2.55 bits per heavy atom. The van der Waals surface area contributed by atoms with Gasteiger partial charge in [-0.15, -0.1) is 0 Å². The summed E-state index contributed by atoms with van der Waals surface area (Å²) in [4.78, 5) is 41.2. The van der Waals surface area contributed by atoms with Gasteiger partial charge in [0.05, 0.1) is 18.0 Å². The molecule has 1 saturated heterocycles. The molecule has 0 spiro atoms. The van der Waals surface area contributed by atoms with Gasteiger partial charge in [0, 0.05) is 36.2 Å². The number of aliphatic hydroxyl groups excluding tert-OH is 1. The zero-order chi connectivity index (χ0) is 23.9. The van der Waals surface area contributed by atoms with Crippen LogP contribution in [0.4, 0.5) is 13.2 Å². The molecule has 33 heavy (non-hydrogen) atoms. The number of carbonyl (C=O) groups is 2. The van der Waals surface area contributed by atoms with Crippen LogP contribution >= 0.6 is 0 Å². The number of aliphatic hydroxyl groups is 1. The normalized spacial score (nSPS) is 27.2. The molecule has 2 bridgehead atoms. The zero-order valence-electron chi connectivity index (χ0n) is 18.3. The molecule has 10 heteroatoms. The van der Waals surface area contributed by atoms with E-state index in [2.05, 4.69) is 0 Å².